The Labute approximate surface area is 132 Å². The second kappa shape index (κ2) is 8.45. The van der Waals surface area contributed by atoms with Crippen molar-refractivity contribution in [2.45, 2.75) is 26.3 Å². The van der Waals surface area contributed by atoms with Crippen molar-refractivity contribution in [3.63, 3.8) is 0 Å². The molecule has 1 heterocycles. The fourth-order valence-corrected chi connectivity index (χ4v) is 2.54. The van der Waals surface area contributed by atoms with E-state index in [9.17, 15) is 4.79 Å². The van der Waals surface area contributed by atoms with E-state index < -0.39 is 0 Å². The lowest BCUT2D eigenvalue weighted by atomic mass is 10.0. The van der Waals surface area contributed by atoms with Gasteiger partial charge < -0.3 is 15.0 Å². The molecule has 2 rings (SSSR count). The molecule has 0 radical (unpaired) electrons. The van der Waals surface area contributed by atoms with Crippen molar-refractivity contribution in [1.29, 1.82) is 0 Å². The molecule has 0 unspecified atom stereocenters. The summed E-state index contributed by atoms with van der Waals surface area (Å²) in [6.07, 6.45) is 7.56. The molecule has 0 aromatic heterocycles. The normalized spacial score (nSPS) is 17.5. The quantitative estimate of drug-likeness (QED) is 0.849. The third-order valence-electron chi connectivity index (χ3n) is 3.86. The van der Waals surface area contributed by atoms with Crippen LogP contribution in [-0.4, -0.2) is 37.2 Å². The van der Waals surface area contributed by atoms with Crippen molar-refractivity contribution in [2.24, 2.45) is 5.92 Å². The van der Waals surface area contributed by atoms with E-state index in [0.717, 1.165) is 31.6 Å². The van der Waals surface area contributed by atoms with Crippen LogP contribution in [0.3, 0.4) is 0 Å². The molecule has 1 fully saturated rings. The number of carbonyl (C=O) groups is 1. The first-order valence-corrected chi connectivity index (χ1v) is 7.78. The van der Waals surface area contributed by atoms with Crippen molar-refractivity contribution in [3.8, 4) is 12.3 Å². The van der Waals surface area contributed by atoms with E-state index in [1.54, 1.807) is 4.90 Å². The van der Waals surface area contributed by atoms with Crippen LogP contribution in [0.15, 0.2) is 24.3 Å². The van der Waals surface area contributed by atoms with E-state index in [4.69, 9.17) is 11.2 Å². The number of terminal acetylenes is 1. The standard InChI is InChI=1S/C18H24N2O2/c1-3-10-20(13-16-8-6-15(2)7-9-16)18(21)19-12-17-5-4-11-22-14-17/h1,6-9,17H,4-5,10-14H2,2H3,(H,19,21)/t17-/m0/s1. The summed E-state index contributed by atoms with van der Waals surface area (Å²) in [7, 11) is 0. The fourth-order valence-electron chi connectivity index (χ4n) is 2.54. The summed E-state index contributed by atoms with van der Waals surface area (Å²) in [5, 5.41) is 2.98. The number of rotatable bonds is 5. The van der Waals surface area contributed by atoms with Crippen LogP contribution in [-0.2, 0) is 11.3 Å². The van der Waals surface area contributed by atoms with Gasteiger partial charge in [-0.25, -0.2) is 4.79 Å². The van der Waals surface area contributed by atoms with Gasteiger partial charge >= 0.3 is 6.03 Å². The summed E-state index contributed by atoms with van der Waals surface area (Å²) in [6.45, 7) is 5.09. The van der Waals surface area contributed by atoms with Crippen LogP contribution in [0.1, 0.15) is 24.0 Å². The predicted molar refractivity (Wildman–Crippen MR) is 87.4 cm³/mol. The average molecular weight is 300 g/mol. The van der Waals surface area contributed by atoms with Gasteiger partial charge in [-0.2, -0.15) is 0 Å². The van der Waals surface area contributed by atoms with Crippen molar-refractivity contribution < 1.29 is 9.53 Å². The summed E-state index contributed by atoms with van der Waals surface area (Å²) in [4.78, 5) is 14.0. The largest absolute Gasteiger partial charge is 0.381 e. The summed E-state index contributed by atoms with van der Waals surface area (Å²) in [5.74, 6) is 2.97. The van der Waals surface area contributed by atoms with Gasteiger partial charge in [-0.1, -0.05) is 35.7 Å². The van der Waals surface area contributed by atoms with Crippen LogP contribution in [0.4, 0.5) is 4.79 Å². The van der Waals surface area contributed by atoms with E-state index in [2.05, 4.69) is 11.2 Å². The highest BCUT2D eigenvalue weighted by molar-refractivity contribution is 5.74. The SMILES string of the molecule is C#CCN(Cc1ccc(C)cc1)C(=O)NC[C@@H]1CCCOC1. The van der Waals surface area contributed by atoms with E-state index >= 15 is 0 Å². The first-order chi connectivity index (χ1) is 10.7. The highest BCUT2D eigenvalue weighted by Gasteiger charge is 2.17. The molecule has 1 aromatic rings. The molecule has 4 heteroatoms. The van der Waals surface area contributed by atoms with Gasteiger partial charge in [0.25, 0.3) is 0 Å². The minimum absolute atomic E-state index is 0.107. The molecule has 0 spiro atoms. The Kier molecular flexibility index (Phi) is 6.29. The number of hydrogen-bond acceptors (Lipinski definition) is 2. The van der Waals surface area contributed by atoms with Crippen molar-refractivity contribution in [3.05, 3.63) is 35.4 Å². The molecule has 1 atom stereocenters. The maximum atomic E-state index is 12.3. The Morgan fingerprint density at radius 2 is 2.23 bits per heavy atom. The molecule has 0 aliphatic carbocycles. The predicted octanol–water partition coefficient (Wildman–Crippen LogP) is 2.57. The molecule has 0 saturated carbocycles. The van der Waals surface area contributed by atoms with Gasteiger partial charge in [-0.15, -0.1) is 6.42 Å². The Balaban J connectivity index is 1.87. The molecule has 4 nitrogen and oxygen atoms in total. The monoisotopic (exact) mass is 300 g/mol. The molecule has 22 heavy (non-hydrogen) atoms. The van der Waals surface area contributed by atoms with Gasteiger partial charge in [-0.05, 0) is 31.2 Å². The Bertz CT molecular complexity index is 513. The minimum atomic E-state index is -0.107. The van der Waals surface area contributed by atoms with Crippen LogP contribution in [0.25, 0.3) is 0 Å². The molecule has 118 valence electrons. The maximum Gasteiger partial charge on any atom is 0.318 e. The number of hydrogen-bond donors (Lipinski definition) is 1. The fraction of sp³-hybridized carbons (Fsp3) is 0.500. The van der Waals surface area contributed by atoms with E-state index in [0.29, 0.717) is 25.6 Å². The Hall–Kier alpha value is -1.99. The zero-order valence-corrected chi connectivity index (χ0v) is 13.2. The first-order valence-electron chi connectivity index (χ1n) is 7.78. The van der Waals surface area contributed by atoms with Crippen LogP contribution >= 0.6 is 0 Å². The highest BCUT2D eigenvalue weighted by atomic mass is 16.5. The highest BCUT2D eigenvalue weighted by Crippen LogP contribution is 2.12. The number of amides is 2. The molecular formula is C18H24N2O2. The number of aryl methyl sites for hydroxylation is 1. The topological polar surface area (TPSA) is 41.6 Å². The Morgan fingerprint density at radius 3 is 2.86 bits per heavy atom. The maximum absolute atomic E-state index is 12.3. The van der Waals surface area contributed by atoms with Gasteiger partial charge in [0, 0.05) is 19.7 Å². The summed E-state index contributed by atoms with van der Waals surface area (Å²) in [6, 6.07) is 8.04. The number of nitrogens with zero attached hydrogens (tertiary/aromatic N) is 1. The lowest BCUT2D eigenvalue weighted by Gasteiger charge is -2.25. The number of nitrogens with one attached hydrogen (secondary N) is 1. The summed E-state index contributed by atoms with van der Waals surface area (Å²) < 4.78 is 5.43. The van der Waals surface area contributed by atoms with Crippen LogP contribution in [0.5, 0.6) is 0 Å². The molecule has 0 bridgehead atoms. The van der Waals surface area contributed by atoms with Crippen molar-refractivity contribution >= 4 is 6.03 Å². The van der Waals surface area contributed by atoms with Crippen molar-refractivity contribution in [2.75, 3.05) is 26.3 Å². The molecule has 1 aliphatic heterocycles. The number of benzene rings is 1. The second-order valence-electron chi connectivity index (χ2n) is 5.82. The van der Waals surface area contributed by atoms with Gasteiger partial charge in [0.15, 0.2) is 0 Å². The van der Waals surface area contributed by atoms with Crippen LogP contribution in [0, 0.1) is 25.2 Å². The lowest BCUT2D eigenvalue weighted by molar-refractivity contribution is 0.0552. The van der Waals surface area contributed by atoms with E-state index in [-0.39, 0.29) is 6.03 Å². The zero-order valence-electron chi connectivity index (χ0n) is 13.2. The minimum Gasteiger partial charge on any atom is -0.381 e. The molecular weight excluding hydrogens is 276 g/mol. The third kappa shape index (κ3) is 5.09. The second-order valence-corrected chi connectivity index (χ2v) is 5.82. The summed E-state index contributed by atoms with van der Waals surface area (Å²) in [5.41, 5.74) is 2.28. The third-order valence-corrected chi connectivity index (χ3v) is 3.86. The number of urea groups is 1. The first kappa shape index (κ1) is 16.4. The number of ether oxygens (including phenoxy) is 1. The van der Waals surface area contributed by atoms with E-state index in [1.807, 2.05) is 31.2 Å². The molecule has 2 amide bonds. The van der Waals surface area contributed by atoms with Crippen molar-refractivity contribution in [1.82, 2.24) is 10.2 Å². The van der Waals surface area contributed by atoms with Gasteiger partial charge in [0.2, 0.25) is 0 Å². The molecule has 1 N–H and O–H groups in total. The van der Waals surface area contributed by atoms with Gasteiger partial charge in [0.05, 0.1) is 13.2 Å². The van der Waals surface area contributed by atoms with Gasteiger partial charge in [-0.3, -0.25) is 0 Å². The van der Waals surface area contributed by atoms with Gasteiger partial charge in [0.1, 0.15) is 0 Å². The smallest absolute Gasteiger partial charge is 0.318 e. The van der Waals surface area contributed by atoms with Crippen LogP contribution in [0.2, 0.25) is 0 Å². The average Bonchev–Trinajstić information content (AvgIpc) is 2.55. The molecule has 1 aromatic carbocycles. The Morgan fingerprint density at radius 1 is 1.45 bits per heavy atom. The lowest BCUT2D eigenvalue weighted by Crippen LogP contribution is -2.42. The van der Waals surface area contributed by atoms with E-state index in [1.165, 1.54) is 5.56 Å². The van der Waals surface area contributed by atoms with Crippen LogP contribution < -0.4 is 5.32 Å². The summed E-state index contributed by atoms with van der Waals surface area (Å²) >= 11 is 0. The molecule has 1 aliphatic rings. The number of carbonyl (C=O) groups excluding carboxylic acids is 1. The zero-order chi connectivity index (χ0) is 15.8. The molecule has 1 saturated heterocycles.